The second-order valence-electron chi connectivity index (χ2n) is 3.98. The van der Waals surface area contributed by atoms with E-state index in [9.17, 15) is 18.5 Å². The monoisotopic (exact) mass is 312 g/mol. The summed E-state index contributed by atoms with van der Waals surface area (Å²) >= 11 is 0. The molecule has 0 aliphatic heterocycles. The van der Waals surface area contributed by atoms with Gasteiger partial charge in [0.05, 0.1) is 23.5 Å². The van der Waals surface area contributed by atoms with E-state index in [0.29, 0.717) is 5.69 Å². The number of nitrogens with zero attached hydrogens (tertiary/aromatic N) is 2. The molecule has 0 aliphatic rings. The van der Waals surface area contributed by atoms with Gasteiger partial charge in [-0.3, -0.25) is 16.0 Å². The molecule has 1 aromatic heterocycles. The summed E-state index contributed by atoms with van der Waals surface area (Å²) in [6.07, 6.45) is 2.89. The van der Waals surface area contributed by atoms with Gasteiger partial charge in [0.25, 0.3) is 5.69 Å². The number of benzene rings is 1. The molecule has 0 aliphatic carbocycles. The van der Waals surface area contributed by atoms with Crippen molar-refractivity contribution in [3.05, 3.63) is 46.5 Å². The predicted octanol–water partition coefficient (Wildman–Crippen LogP) is 0.0820. The molecule has 5 N–H and O–H groups in total. The molecule has 0 bridgehead atoms. The normalized spacial score (nSPS) is 11.3. The largest absolute Gasteiger partial charge is 0.347 e. The van der Waals surface area contributed by atoms with Gasteiger partial charge >= 0.3 is 0 Å². The Bertz CT molecular complexity index is 743. The molecular weight excluding hydrogens is 300 g/mol. The van der Waals surface area contributed by atoms with E-state index < -0.39 is 14.9 Å². The third-order valence-electron chi connectivity index (χ3n) is 2.63. The molecule has 0 atom stereocenters. The maximum atomic E-state index is 12.2. The average Bonchev–Trinajstić information content (AvgIpc) is 2.97. The third kappa shape index (κ3) is 3.34. The van der Waals surface area contributed by atoms with Gasteiger partial charge in [-0.2, -0.15) is 0 Å². The number of aromatic nitrogens is 2. The van der Waals surface area contributed by atoms with Crippen molar-refractivity contribution in [3.63, 3.8) is 0 Å². The zero-order chi connectivity index (χ0) is 15.5. The lowest BCUT2D eigenvalue weighted by Crippen LogP contribution is -2.25. The SMILES string of the molecule is NNc1cc([N+](=O)[O-])ccc1S(=O)(=O)NCc1cnc[nH]1. The molecule has 10 nitrogen and oxygen atoms in total. The van der Waals surface area contributed by atoms with Crippen molar-refractivity contribution in [1.82, 2.24) is 14.7 Å². The zero-order valence-corrected chi connectivity index (χ0v) is 11.4. The van der Waals surface area contributed by atoms with E-state index in [1.165, 1.54) is 12.5 Å². The van der Waals surface area contributed by atoms with Gasteiger partial charge in [0.1, 0.15) is 4.90 Å². The number of sulfonamides is 1. The topological polar surface area (TPSA) is 156 Å². The van der Waals surface area contributed by atoms with Gasteiger partial charge < -0.3 is 10.4 Å². The first kappa shape index (κ1) is 14.9. The van der Waals surface area contributed by atoms with Crippen LogP contribution in [0.3, 0.4) is 0 Å². The highest BCUT2D eigenvalue weighted by Gasteiger charge is 2.21. The van der Waals surface area contributed by atoms with Gasteiger partial charge in [0.2, 0.25) is 10.0 Å². The maximum Gasteiger partial charge on any atom is 0.271 e. The third-order valence-corrected chi connectivity index (χ3v) is 4.09. The summed E-state index contributed by atoms with van der Waals surface area (Å²) in [4.78, 5) is 16.4. The highest BCUT2D eigenvalue weighted by molar-refractivity contribution is 7.89. The molecule has 1 heterocycles. The Morgan fingerprint density at radius 2 is 2.19 bits per heavy atom. The number of non-ortho nitro benzene ring substituents is 1. The van der Waals surface area contributed by atoms with E-state index in [1.807, 2.05) is 0 Å². The number of nitrogens with one attached hydrogen (secondary N) is 3. The quantitative estimate of drug-likeness (QED) is 0.334. The second-order valence-corrected chi connectivity index (χ2v) is 5.72. The van der Waals surface area contributed by atoms with Crippen molar-refractivity contribution in [3.8, 4) is 0 Å². The van der Waals surface area contributed by atoms with Gasteiger partial charge in [-0.1, -0.05) is 0 Å². The standard InChI is InChI=1S/C10H12N6O4S/c11-15-9-3-8(16(17)18)1-2-10(9)21(19,20)14-5-7-4-12-6-13-7/h1-4,6,14-15H,5,11H2,(H,12,13). The Balaban J connectivity index is 2.28. The molecule has 0 radical (unpaired) electrons. The van der Waals surface area contributed by atoms with E-state index >= 15 is 0 Å². The summed E-state index contributed by atoms with van der Waals surface area (Å²) in [6.45, 7) is 0.00331. The molecule has 0 amide bonds. The molecule has 1 aromatic carbocycles. The van der Waals surface area contributed by atoms with Crippen LogP contribution >= 0.6 is 0 Å². The molecule has 0 saturated carbocycles. The Hall–Kier alpha value is -2.50. The van der Waals surface area contributed by atoms with E-state index in [4.69, 9.17) is 5.84 Å². The Labute approximate surface area is 119 Å². The van der Waals surface area contributed by atoms with Crippen LogP contribution in [0, 0.1) is 10.1 Å². The van der Waals surface area contributed by atoms with Crippen LogP contribution in [0.4, 0.5) is 11.4 Å². The first-order valence-electron chi connectivity index (χ1n) is 5.66. The fourth-order valence-corrected chi connectivity index (χ4v) is 2.77. The molecule has 0 fully saturated rings. The molecule has 2 aromatic rings. The number of nitrogens with two attached hydrogens (primary N) is 1. The van der Waals surface area contributed by atoms with Gasteiger partial charge in [-0.25, -0.2) is 18.1 Å². The number of nitro groups is 1. The summed E-state index contributed by atoms with van der Waals surface area (Å²) < 4.78 is 26.7. The lowest BCUT2D eigenvalue weighted by Gasteiger charge is -2.10. The number of aromatic amines is 1. The van der Waals surface area contributed by atoms with Crippen molar-refractivity contribution in [2.45, 2.75) is 11.4 Å². The maximum absolute atomic E-state index is 12.2. The number of hydrogen-bond donors (Lipinski definition) is 4. The lowest BCUT2D eigenvalue weighted by atomic mass is 10.3. The number of hydrogen-bond acceptors (Lipinski definition) is 7. The Kier molecular flexibility index (Phi) is 4.16. The van der Waals surface area contributed by atoms with Crippen LogP contribution < -0.4 is 16.0 Å². The van der Waals surface area contributed by atoms with Crippen LogP contribution in [0.2, 0.25) is 0 Å². The van der Waals surface area contributed by atoms with Crippen LogP contribution in [0.15, 0.2) is 35.6 Å². The minimum atomic E-state index is -3.88. The lowest BCUT2D eigenvalue weighted by molar-refractivity contribution is -0.384. The minimum absolute atomic E-state index is 0.00331. The molecule has 2 rings (SSSR count). The second kappa shape index (κ2) is 5.87. The van der Waals surface area contributed by atoms with Crippen LogP contribution in [0.25, 0.3) is 0 Å². The highest BCUT2D eigenvalue weighted by atomic mass is 32.2. The fraction of sp³-hybridized carbons (Fsp3) is 0.100. The predicted molar refractivity (Wildman–Crippen MR) is 73.5 cm³/mol. The Morgan fingerprint density at radius 1 is 1.43 bits per heavy atom. The van der Waals surface area contributed by atoms with Gasteiger partial charge in [0.15, 0.2) is 0 Å². The molecule has 0 unspecified atom stereocenters. The fourth-order valence-electron chi connectivity index (χ4n) is 1.61. The minimum Gasteiger partial charge on any atom is -0.347 e. The number of imidazole rings is 1. The van der Waals surface area contributed by atoms with Crippen LogP contribution in [0.1, 0.15) is 5.69 Å². The van der Waals surface area contributed by atoms with E-state index in [1.54, 1.807) is 0 Å². The van der Waals surface area contributed by atoms with Crippen molar-refractivity contribution in [1.29, 1.82) is 0 Å². The first-order valence-corrected chi connectivity index (χ1v) is 7.14. The van der Waals surface area contributed by atoms with Crippen LogP contribution in [-0.4, -0.2) is 23.3 Å². The number of nitrogen functional groups attached to an aromatic ring is 1. The van der Waals surface area contributed by atoms with Gasteiger partial charge in [-0.15, -0.1) is 0 Å². The molecule has 0 spiro atoms. The van der Waals surface area contributed by atoms with Crippen molar-refractivity contribution < 1.29 is 13.3 Å². The Morgan fingerprint density at radius 3 is 2.76 bits per heavy atom. The number of rotatable bonds is 6. The highest BCUT2D eigenvalue weighted by Crippen LogP contribution is 2.25. The van der Waals surface area contributed by atoms with Crippen LogP contribution in [0.5, 0.6) is 0 Å². The van der Waals surface area contributed by atoms with Gasteiger partial charge in [0, 0.05) is 24.0 Å². The van der Waals surface area contributed by atoms with Crippen LogP contribution in [-0.2, 0) is 16.6 Å². The smallest absolute Gasteiger partial charge is 0.271 e. The summed E-state index contributed by atoms with van der Waals surface area (Å²) in [6, 6.07) is 3.25. The molecule has 0 saturated heterocycles. The number of H-pyrrole nitrogens is 1. The van der Waals surface area contributed by atoms with E-state index in [0.717, 1.165) is 18.2 Å². The van der Waals surface area contributed by atoms with Crippen molar-refractivity contribution in [2.75, 3.05) is 5.43 Å². The summed E-state index contributed by atoms with van der Waals surface area (Å²) in [5, 5.41) is 10.7. The summed E-state index contributed by atoms with van der Waals surface area (Å²) in [7, 11) is -3.88. The summed E-state index contributed by atoms with van der Waals surface area (Å²) in [5.41, 5.74) is 2.38. The van der Waals surface area contributed by atoms with Gasteiger partial charge in [-0.05, 0) is 6.07 Å². The first-order chi connectivity index (χ1) is 9.94. The van der Waals surface area contributed by atoms with Crippen molar-refractivity contribution >= 4 is 21.4 Å². The van der Waals surface area contributed by atoms with E-state index in [2.05, 4.69) is 20.1 Å². The number of anilines is 1. The molecule has 112 valence electrons. The summed E-state index contributed by atoms with van der Waals surface area (Å²) in [5.74, 6) is 5.23. The molecule has 11 heteroatoms. The zero-order valence-electron chi connectivity index (χ0n) is 10.6. The van der Waals surface area contributed by atoms with Crippen molar-refractivity contribution in [2.24, 2.45) is 5.84 Å². The molecule has 21 heavy (non-hydrogen) atoms. The van der Waals surface area contributed by atoms with E-state index in [-0.39, 0.29) is 22.8 Å². The number of nitro benzene ring substituents is 1. The average molecular weight is 312 g/mol. The number of hydrazine groups is 1. The molecular formula is C10H12N6O4S.